The Balaban J connectivity index is 2.75. The van der Waals surface area contributed by atoms with Gasteiger partial charge in [0, 0.05) is 6.08 Å². The molecule has 0 unspecified atom stereocenters. The second-order valence-corrected chi connectivity index (χ2v) is 3.32. The molecule has 0 bridgehead atoms. The lowest BCUT2D eigenvalue weighted by Gasteiger charge is -2.03. The Bertz CT molecular complexity index is 372. The number of nitrogens with two attached hydrogens (primary N) is 1. The van der Waals surface area contributed by atoms with E-state index >= 15 is 0 Å². The largest absolute Gasteiger partial charge is 0.463 e. The molecule has 2 N–H and O–H groups in total. The molecule has 0 heterocycles. The number of hydrogen-bond acceptors (Lipinski definition) is 3. The van der Waals surface area contributed by atoms with Crippen LogP contribution in [0, 0.1) is 0 Å². The highest BCUT2D eigenvalue weighted by Gasteiger charge is 1.98. The fourth-order valence-corrected chi connectivity index (χ4v) is 1.43. The Labute approximate surface area is 95.9 Å². The van der Waals surface area contributed by atoms with E-state index in [9.17, 15) is 4.79 Å². The third-order valence-corrected chi connectivity index (χ3v) is 2.15. The Kier molecular flexibility index (Phi) is 5.29. The Morgan fingerprint density at radius 1 is 1.44 bits per heavy atom. The summed E-state index contributed by atoms with van der Waals surface area (Å²) < 4.78 is 4.81. The lowest BCUT2D eigenvalue weighted by Crippen LogP contribution is -2.04. The highest BCUT2D eigenvalue weighted by Crippen LogP contribution is 2.11. The van der Waals surface area contributed by atoms with E-state index in [1.165, 1.54) is 6.08 Å². The van der Waals surface area contributed by atoms with Crippen molar-refractivity contribution in [3.05, 3.63) is 41.5 Å². The molecule has 0 aliphatic carbocycles. The number of carbonyl (C=O) groups excluding carboxylic acids is 1. The lowest BCUT2D eigenvalue weighted by atomic mass is 10.0. The molecule has 0 radical (unpaired) electrons. The molecular weight excluding hydrogens is 202 g/mol. The summed E-state index contributed by atoms with van der Waals surface area (Å²) in [6.45, 7) is 2.78. The van der Waals surface area contributed by atoms with E-state index in [0.717, 1.165) is 17.5 Å². The maximum atomic E-state index is 11.2. The minimum absolute atomic E-state index is 0.315. The smallest absolute Gasteiger partial charge is 0.330 e. The number of carbonyl (C=O) groups is 1. The summed E-state index contributed by atoms with van der Waals surface area (Å²) >= 11 is 0. The number of rotatable bonds is 5. The third kappa shape index (κ3) is 3.87. The molecule has 0 atom stereocenters. The van der Waals surface area contributed by atoms with E-state index < -0.39 is 0 Å². The summed E-state index contributed by atoms with van der Waals surface area (Å²) in [7, 11) is 0. The van der Waals surface area contributed by atoms with Gasteiger partial charge in [-0.2, -0.15) is 0 Å². The van der Waals surface area contributed by atoms with Gasteiger partial charge >= 0.3 is 5.97 Å². The zero-order valence-corrected chi connectivity index (χ0v) is 9.48. The van der Waals surface area contributed by atoms with Crippen LogP contribution in [0.15, 0.2) is 30.3 Å². The van der Waals surface area contributed by atoms with E-state index in [-0.39, 0.29) is 5.97 Å². The molecule has 0 fully saturated rings. The average molecular weight is 219 g/mol. The molecule has 0 aliphatic rings. The minimum Gasteiger partial charge on any atom is -0.463 e. The van der Waals surface area contributed by atoms with Gasteiger partial charge in [-0.05, 0) is 37.1 Å². The molecule has 0 amide bonds. The molecular formula is C13H17NO2. The van der Waals surface area contributed by atoms with Gasteiger partial charge in [-0.1, -0.05) is 24.3 Å². The summed E-state index contributed by atoms with van der Waals surface area (Å²) in [4.78, 5) is 11.2. The van der Waals surface area contributed by atoms with Crippen molar-refractivity contribution in [3.8, 4) is 0 Å². The lowest BCUT2D eigenvalue weighted by molar-refractivity contribution is -0.137. The minimum atomic E-state index is -0.315. The highest BCUT2D eigenvalue weighted by molar-refractivity contribution is 5.87. The second-order valence-electron chi connectivity index (χ2n) is 3.32. The molecule has 0 aliphatic heterocycles. The highest BCUT2D eigenvalue weighted by atomic mass is 16.5. The standard InChI is InChI=1S/C13H17NO2/c1-2-16-13(15)8-7-11-5-3-4-6-12(11)9-10-14/h3-8H,2,9-10,14H2,1H3. The van der Waals surface area contributed by atoms with E-state index in [1.807, 2.05) is 24.3 Å². The van der Waals surface area contributed by atoms with Gasteiger partial charge in [0.2, 0.25) is 0 Å². The summed E-state index contributed by atoms with van der Waals surface area (Å²) in [6.07, 6.45) is 4.02. The maximum absolute atomic E-state index is 11.2. The molecule has 86 valence electrons. The predicted octanol–water partition coefficient (Wildman–Crippen LogP) is 1.76. The zero-order valence-electron chi connectivity index (χ0n) is 9.48. The van der Waals surface area contributed by atoms with Crippen molar-refractivity contribution in [2.24, 2.45) is 5.73 Å². The van der Waals surface area contributed by atoms with Gasteiger partial charge in [0.25, 0.3) is 0 Å². The van der Waals surface area contributed by atoms with Gasteiger partial charge in [-0.25, -0.2) is 4.79 Å². The van der Waals surface area contributed by atoms with Gasteiger partial charge in [0.05, 0.1) is 6.61 Å². The Hall–Kier alpha value is -1.61. The first kappa shape index (κ1) is 12.5. The molecule has 3 heteroatoms. The number of ether oxygens (including phenoxy) is 1. The summed E-state index contributed by atoms with van der Waals surface area (Å²) in [5, 5.41) is 0. The van der Waals surface area contributed by atoms with Crippen molar-refractivity contribution >= 4 is 12.0 Å². The SMILES string of the molecule is CCOC(=O)C=Cc1ccccc1CCN. The van der Waals surface area contributed by atoms with Crippen LogP contribution in [0.25, 0.3) is 6.08 Å². The van der Waals surface area contributed by atoms with Crippen LogP contribution in [-0.2, 0) is 16.0 Å². The normalized spacial score (nSPS) is 10.6. The predicted molar refractivity (Wildman–Crippen MR) is 64.9 cm³/mol. The molecule has 1 rings (SSSR count). The molecule has 16 heavy (non-hydrogen) atoms. The van der Waals surface area contributed by atoms with Crippen LogP contribution in [0.5, 0.6) is 0 Å². The quantitative estimate of drug-likeness (QED) is 0.606. The Morgan fingerprint density at radius 2 is 2.19 bits per heavy atom. The third-order valence-electron chi connectivity index (χ3n) is 2.15. The fraction of sp³-hybridized carbons (Fsp3) is 0.308. The first-order valence-electron chi connectivity index (χ1n) is 5.40. The van der Waals surface area contributed by atoms with Crippen molar-refractivity contribution in [2.45, 2.75) is 13.3 Å². The van der Waals surface area contributed by atoms with Crippen molar-refractivity contribution in [3.63, 3.8) is 0 Å². The van der Waals surface area contributed by atoms with Gasteiger partial charge in [0.15, 0.2) is 0 Å². The second kappa shape index (κ2) is 6.80. The zero-order chi connectivity index (χ0) is 11.8. The molecule has 0 spiro atoms. The maximum Gasteiger partial charge on any atom is 0.330 e. The van der Waals surface area contributed by atoms with Gasteiger partial charge in [-0.15, -0.1) is 0 Å². The topological polar surface area (TPSA) is 52.3 Å². The molecule has 0 saturated carbocycles. The van der Waals surface area contributed by atoms with E-state index in [2.05, 4.69) is 0 Å². The van der Waals surface area contributed by atoms with Gasteiger partial charge < -0.3 is 10.5 Å². The number of benzene rings is 1. The average Bonchev–Trinajstić information content (AvgIpc) is 2.29. The Morgan fingerprint density at radius 3 is 2.88 bits per heavy atom. The van der Waals surface area contributed by atoms with Gasteiger partial charge in [0.1, 0.15) is 0 Å². The molecule has 3 nitrogen and oxygen atoms in total. The van der Waals surface area contributed by atoms with Crippen LogP contribution in [0.1, 0.15) is 18.1 Å². The van der Waals surface area contributed by atoms with Crippen molar-refractivity contribution in [1.29, 1.82) is 0 Å². The van der Waals surface area contributed by atoms with Crippen LogP contribution in [0.4, 0.5) is 0 Å². The summed E-state index contributed by atoms with van der Waals surface area (Å²) in [5.41, 5.74) is 7.68. The summed E-state index contributed by atoms with van der Waals surface area (Å²) in [6, 6.07) is 7.87. The molecule has 1 aromatic rings. The number of esters is 1. The first-order valence-corrected chi connectivity index (χ1v) is 5.40. The van der Waals surface area contributed by atoms with Crippen LogP contribution in [0.2, 0.25) is 0 Å². The van der Waals surface area contributed by atoms with Crippen LogP contribution in [0.3, 0.4) is 0 Å². The molecule has 0 aromatic heterocycles. The first-order chi connectivity index (χ1) is 7.77. The monoisotopic (exact) mass is 219 g/mol. The van der Waals surface area contributed by atoms with E-state index in [4.69, 9.17) is 10.5 Å². The van der Waals surface area contributed by atoms with Crippen molar-refractivity contribution in [2.75, 3.05) is 13.2 Å². The summed E-state index contributed by atoms with van der Waals surface area (Å²) in [5.74, 6) is -0.315. The van der Waals surface area contributed by atoms with Crippen LogP contribution in [-0.4, -0.2) is 19.1 Å². The van der Waals surface area contributed by atoms with Crippen LogP contribution >= 0.6 is 0 Å². The van der Waals surface area contributed by atoms with E-state index in [0.29, 0.717) is 13.2 Å². The van der Waals surface area contributed by atoms with Gasteiger partial charge in [-0.3, -0.25) is 0 Å². The van der Waals surface area contributed by atoms with Crippen molar-refractivity contribution in [1.82, 2.24) is 0 Å². The molecule has 1 aromatic carbocycles. The fourth-order valence-electron chi connectivity index (χ4n) is 1.43. The number of hydrogen-bond donors (Lipinski definition) is 1. The molecule has 0 saturated heterocycles. The van der Waals surface area contributed by atoms with Crippen LogP contribution < -0.4 is 5.73 Å². The van der Waals surface area contributed by atoms with E-state index in [1.54, 1.807) is 13.0 Å². The van der Waals surface area contributed by atoms with Crippen molar-refractivity contribution < 1.29 is 9.53 Å².